The molecule has 0 aliphatic rings. The third-order valence-electron chi connectivity index (χ3n) is 3.68. The van der Waals surface area contributed by atoms with Gasteiger partial charge >= 0.3 is 0 Å². The maximum atomic E-state index is 12.5. The van der Waals surface area contributed by atoms with Crippen molar-refractivity contribution >= 4 is 17.2 Å². The number of hydrogen-bond acceptors (Lipinski definition) is 6. The zero-order chi connectivity index (χ0) is 17.6. The monoisotopic (exact) mass is 357 g/mol. The van der Waals surface area contributed by atoms with Crippen LogP contribution in [0.15, 0.2) is 48.2 Å². The summed E-state index contributed by atoms with van der Waals surface area (Å²) in [5, 5.41) is 13.7. The van der Waals surface area contributed by atoms with Crippen LogP contribution >= 0.6 is 11.3 Å². The number of hydrogen-bond donors (Lipinski definition) is 1. The molecular formula is C17H19N5O2S. The molecule has 8 heteroatoms. The average Bonchev–Trinajstić information content (AvgIpc) is 3.28. The van der Waals surface area contributed by atoms with E-state index in [2.05, 4.69) is 34.3 Å². The topological polar surface area (TPSA) is 81.9 Å². The predicted octanol–water partition coefficient (Wildman–Crippen LogP) is 2.98. The van der Waals surface area contributed by atoms with Crippen LogP contribution in [0.5, 0.6) is 10.9 Å². The van der Waals surface area contributed by atoms with Gasteiger partial charge in [-0.05, 0) is 30.2 Å². The summed E-state index contributed by atoms with van der Waals surface area (Å²) in [5.74, 6) is 0.766. The number of benzene rings is 1. The molecule has 0 aliphatic heterocycles. The SMILES string of the molecule is CC(C)C(Cn1nccn1)NC(=O)c1ccc(Oc2nccs2)cc1. The Kier molecular flexibility index (Phi) is 5.39. The molecule has 0 radical (unpaired) electrons. The van der Waals surface area contributed by atoms with Gasteiger partial charge in [0.1, 0.15) is 5.75 Å². The van der Waals surface area contributed by atoms with E-state index in [1.807, 2.05) is 5.38 Å². The average molecular weight is 357 g/mol. The van der Waals surface area contributed by atoms with Crippen molar-refractivity contribution in [3.8, 4) is 10.9 Å². The lowest BCUT2D eigenvalue weighted by Gasteiger charge is -2.21. The summed E-state index contributed by atoms with van der Waals surface area (Å²) in [6.07, 6.45) is 4.93. The second-order valence-electron chi connectivity index (χ2n) is 5.83. The van der Waals surface area contributed by atoms with E-state index in [9.17, 15) is 4.79 Å². The molecule has 7 nitrogen and oxygen atoms in total. The molecule has 1 aromatic carbocycles. The molecule has 0 bridgehead atoms. The Hall–Kier alpha value is -2.74. The van der Waals surface area contributed by atoms with Gasteiger partial charge in [-0.2, -0.15) is 15.0 Å². The molecule has 1 amide bonds. The Morgan fingerprint density at radius 2 is 1.92 bits per heavy atom. The number of thiazole rings is 1. The van der Waals surface area contributed by atoms with Gasteiger partial charge < -0.3 is 10.1 Å². The number of rotatable bonds is 7. The Morgan fingerprint density at radius 1 is 1.20 bits per heavy atom. The van der Waals surface area contributed by atoms with Crippen LogP contribution in [0.4, 0.5) is 0 Å². The van der Waals surface area contributed by atoms with Crippen molar-refractivity contribution in [3.63, 3.8) is 0 Å². The van der Waals surface area contributed by atoms with Gasteiger partial charge in [-0.25, -0.2) is 4.98 Å². The molecule has 0 saturated carbocycles. The lowest BCUT2D eigenvalue weighted by Crippen LogP contribution is -2.42. The molecule has 0 aliphatic carbocycles. The van der Waals surface area contributed by atoms with Crippen molar-refractivity contribution in [3.05, 3.63) is 53.8 Å². The number of nitrogens with zero attached hydrogens (tertiary/aromatic N) is 4. The fourth-order valence-electron chi connectivity index (χ4n) is 2.22. The largest absolute Gasteiger partial charge is 0.431 e. The Balaban J connectivity index is 1.63. The quantitative estimate of drug-likeness (QED) is 0.703. The Labute approximate surface area is 149 Å². The predicted molar refractivity (Wildman–Crippen MR) is 94.7 cm³/mol. The van der Waals surface area contributed by atoms with Crippen LogP contribution in [0.1, 0.15) is 24.2 Å². The van der Waals surface area contributed by atoms with E-state index in [4.69, 9.17) is 4.74 Å². The smallest absolute Gasteiger partial charge is 0.278 e. The van der Waals surface area contributed by atoms with Crippen LogP contribution in [0, 0.1) is 5.92 Å². The van der Waals surface area contributed by atoms with Crippen LogP contribution < -0.4 is 10.1 Å². The highest BCUT2D eigenvalue weighted by atomic mass is 32.1. The van der Waals surface area contributed by atoms with Gasteiger partial charge in [0.25, 0.3) is 11.1 Å². The maximum absolute atomic E-state index is 12.5. The van der Waals surface area contributed by atoms with E-state index in [1.54, 1.807) is 47.7 Å². The van der Waals surface area contributed by atoms with Gasteiger partial charge in [-0.3, -0.25) is 4.79 Å². The molecular weight excluding hydrogens is 338 g/mol. The summed E-state index contributed by atoms with van der Waals surface area (Å²) in [6, 6.07) is 6.93. The van der Waals surface area contributed by atoms with E-state index in [0.717, 1.165) is 0 Å². The second-order valence-corrected chi connectivity index (χ2v) is 6.69. The highest BCUT2D eigenvalue weighted by Crippen LogP contribution is 2.23. The van der Waals surface area contributed by atoms with Gasteiger partial charge in [-0.15, -0.1) is 0 Å². The first-order valence-corrected chi connectivity index (χ1v) is 8.82. The third kappa shape index (κ3) is 4.63. The molecule has 0 spiro atoms. The Bertz CT molecular complexity index is 785. The minimum atomic E-state index is -0.133. The standard InChI is InChI=1S/C17H19N5O2S/c1-12(2)15(11-22-19-7-8-20-22)21-16(23)13-3-5-14(6-4-13)24-17-18-9-10-25-17/h3-10,12,15H,11H2,1-2H3,(H,21,23). The second kappa shape index (κ2) is 7.89. The number of carbonyl (C=O) groups is 1. The van der Waals surface area contributed by atoms with E-state index >= 15 is 0 Å². The fraction of sp³-hybridized carbons (Fsp3) is 0.294. The van der Waals surface area contributed by atoms with E-state index in [0.29, 0.717) is 23.1 Å². The summed E-state index contributed by atoms with van der Waals surface area (Å²) >= 11 is 1.41. The highest BCUT2D eigenvalue weighted by Gasteiger charge is 2.18. The van der Waals surface area contributed by atoms with Crippen molar-refractivity contribution in [1.29, 1.82) is 0 Å². The first-order chi connectivity index (χ1) is 12.1. The van der Waals surface area contributed by atoms with Crippen molar-refractivity contribution in [2.75, 3.05) is 0 Å². The van der Waals surface area contributed by atoms with Crippen molar-refractivity contribution < 1.29 is 9.53 Å². The maximum Gasteiger partial charge on any atom is 0.278 e. The summed E-state index contributed by atoms with van der Waals surface area (Å²) in [6.45, 7) is 4.64. The van der Waals surface area contributed by atoms with Crippen LogP contribution in [0.25, 0.3) is 0 Å². The number of carbonyl (C=O) groups excluding carboxylic acids is 1. The van der Waals surface area contributed by atoms with Gasteiger partial charge in [0.15, 0.2) is 0 Å². The first-order valence-electron chi connectivity index (χ1n) is 7.94. The summed E-state index contributed by atoms with van der Waals surface area (Å²) < 4.78 is 5.60. The molecule has 0 saturated heterocycles. The van der Waals surface area contributed by atoms with E-state index in [1.165, 1.54) is 11.3 Å². The number of nitrogens with one attached hydrogen (secondary N) is 1. The van der Waals surface area contributed by atoms with Crippen molar-refractivity contribution in [1.82, 2.24) is 25.3 Å². The molecule has 1 atom stereocenters. The molecule has 1 unspecified atom stereocenters. The lowest BCUT2D eigenvalue weighted by molar-refractivity contribution is 0.0918. The fourth-order valence-corrected chi connectivity index (χ4v) is 2.73. The summed E-state index contributed by atoms with van der Waals surface area (Å²) in [4.78, 5) is 18.1. The molecule has 2 heterocycles. The summed E-state index contributed by atoms with van der Waals surface area (Å²) in [7, 11) is 0. The molecule has 3 rings (SSSR count). The zero-order valence-corrected chi connectivity index (χ0v) is 14.8. The van der Waals surface area contributed by atoms with Gasteiger partial charge in [-0.1, -0.05) is 25.2 Å². The molecule has 0 fully saturated rings. The molecule has 25 heavy (non-hydrogen) atoms. The summed E-state index contributed by atoms with van der Waals surface area (Å²) in [5.41, 5.74) is 0.575. The van der Waals surface area contributed by atoms with Crippen LogP contribution in [0.3, 0.4) is 0 Å². The molecule has 3 aromatic rings. The Morgan fingerprint density at radius 3 is 2.52 bits per heavy atom. The minimum absolute atomic E-state index is 0.0638. The van der Waals surface area contributed by atoms with Gasteiger partial charge in [0.2, 0.25) is 0 Å². The van der Waals surface area contributed by atoms with Crippen molar-refractivity contribution in [2.45, 2.75) is 26.4 Å². The number of aromatic nitrogens is 4. The normalized spacial score (nSPS) is 12.1. The molecule has 130 valence electrons. The van der Waals surface area contributed by atoms with Crippen LogP contribution in [-0.4, -0.2) is 31.9 Å². The first kappa shape index (κ1) is 17.1. The highest BCUT2D eigenvalue weighted by molar-refractivity contribution is 7.11. The van der Waals surface area contributed by atoms with E-state index in [-0.39, 0.29) is 17.9 Å². The molecule has 1 N–H and O–H groups in total. The van der Waals surface area contributed by atoms with Gasteiger partial charge in [0, 0.05) is 17.1 Å². The van der Waals surface area contributed by atoms with Crippen molar-refractivity contribution in [2.24, 2.45) is 5.92 Å². The van der Waals surface area contributed by atoms with Gasteiger partial charge in [0.05, 0.1) is 25.0 Å². The van der Waals surface area contributed by atoms with E-state index < -0.39 is 0 Å². The lowest BCUT2D eigenvalue weighted by atomic mass is 10.0. The number of ether oxygens (including phenoxy) is 1. The van der Waals surface area contributed by atoms with Crippen LogP contribution in [-0.2, 0) is 6.54 Å². The number of amides is 1. The zero-order valence-electron chi connectivity index (χ0n) is 14.0. The molecule has 2 aromatic heterocycles. The third-order valence-corrected chi connectivity index (χ3v) is 4.33. The minimum Gasteiger partial charge on any atom is -0.431 e. The van der Waals surface area contributed by atoms with Crippen LogP contribution in [0.2, 0.25) is 0 Å².